The van der Waals surface area contributed by atoms with Crippen molar-refractivity contribution in [3.05, 3.63) is 239 Å². The Morgan fingerprint density at radius 1 is 0.408 bits per heavy atom. The lowest BCUT2D eigenvalue weighted by atomic mass is 9.96. The minimum atomic E-state index is -4.61. The highest BCUT2D eigenvalue weighted by atomic mass is 32.2. The molecule has 0 radical (unpaired) electrons. The van der Waals surface area contributed by atoms with Gasteiger partial charge in [0, 0.05) is 6.26 Å². The van der Waals surface area contributed by atoms with Gasteiger partial charge >= 0.3 is 6.36 Å². The highest BCUT2D eigenvalue weighted by Crippen LogP contribution is 2.27. The summed E-state index contributed by atoms with van der Waals surface area (Å²) in [5, 5.41) is 2.73. The van der Waals surface area contributed by atoms with E-state index in [-0.39, 0.29) is 30.7 Å². The molecule has 9 heteroatoms. The van der Waals surface area contributed by atoms with Gasteiger partial charge in [0.2, 0.25) is 0 Å². The van der Waals surface area contributed by atoms with Gasteiger partial charge < -0.3 is 4.74 Å². The Labute approximate surface area is 453 Å². The van der Waals surface area contributed by atoms with Gasteiger partial charge in [-0.15, -0.1) is 13.2 Å². The van der Waals surface area contributed by atoms with Crippen molar-refractivity contribution in [2.24, 2.45) is 0 Å². The average Bonchev–Trinajstić information content (AvgIpc) is 3.37. The summed E-state index contributed by atoms with van der Waals surface area (Å²) in [6, 6.07) is 60.9. The van der Waals surface area contributed by atoms with Crippen molar-refractivity contribution in [1.82, 2.24) is 0 Å². The fraction of sp³-hybridized carbons (Fsp3) is 0.313. The SMILES string of the molecule is C.CC(C)c1ccc(OC(F)(F)F)cc1.CC(C)c1ccc(S(C)(=O)=O)cc1.CC(C)c1cccc(-c2ccccc2)c1.CC(C)c1cccc(F)c1.CC(C)c1cccc2ccccc12.CC(C)c1ccccc1F. The number of sulfone groups is 1. The molecular formula is C67H81F5O3S. The van der Waals surface area contributed by atoms with E-state index in [0.717, 1.165) is 22.3 Å². The normalized spacial score (nSPS) is 10.9. The second-order valence-corrected chi connectivity index (χ2v) is 22.0. The van der Waals surface area contributed by atoms with E-state index in [4.69, 9.17) is 0 Å². The Kier molecular flexibility index (Phi) is 27.7. The first-order valence-corrected chi connectivity index (χ1v) is 27.4. The van der Waals surface area contributed by atoms with Crippen LogP contribution in [0.1, 0.15) is 159 Å². The second kappa shape index (κ2) is 32.1. The maximum absolute atomic E-state index is 12.8. The zero-order valence-electron chi connectivity index (χ0n) is 46.0. The number of ether oxygens (including phenoxy) is 1. The number of halogens is 5. The van der Waals surface area contributed by atoms with Gasteiger partial charge in [-0.2, -0.15) is 0 Å². The molecule has 0 N–H and O–H groups in total. The van der Waals surface area contributed by atoms with E-state index >= 15 is 0 Å². The summed E-state index contributed by atoms with van der Waals surface area (Å²) >= 11 is 0. The average molecular weight is 1060 g/mol. The van der Waals surface area contributed by atoms with Gasteiger partial charge in [0.15, 0.2) is 9.84 Å². The van der Waals surface area contributed by atoms with Gasteiger partial charge in [-0.1, -0.05) is 242 Å². The second-order valence-electron chi connectivity index (χ2n) is 20.0. The zero-order chi connectivity index (χ0) is 55.9. The minimum absolute atomic E-state index is 0. The lowest BCUT2D eigenvalue weighted by Gasteiger charge is -2.10. The molecule has 0 fully saturated rings. The number of rotatable bonds is 9. The van der Waals surface area contributed by atoms with Gasteiger partial charge in [-0.05, 0) is 133 Å². The summed E-state index contributed by atoms with van der Waals surface area (Å²) in [7, 11) is -3.05. The van der Waals surface area contributed by atoms with Crippen molar-refractivity contribution < 1.29 is 35.1 Å². The Hall–Kier alpha value is -6.58. The molecule has 8 aromatic rings. The van der Waals surface area contributed by atoms with Crippen molar-refractivity contribution in [1.29, 1.82) is 0 Å². The summed E-state index contributed by atoms with van der Waals surface area (Å²) < 4.78 is 86.7. The summed E-state index contributed by atoms with van der Waals surface area (Å²) in [5.41, 5.74) is 9.44. The number of fused-ring (bicyclic) bond motifs is 1. The first kappa shape index (κ1) is 65.5. The van der Waals surface area contributed by atoms with Crippen LogP contribution in [0.4, 0.5) is 22.0 Å². The van der Waals surface area contributed by atoms with Crippen molar-refractivity contribution >= 4 is 20.6 Å². The number of alkyl halides is 3. The van der Waals surface area contributed by atoms with Crippen LogP contribution in [0, 0.1) is 11.6 Å². The van der Waals surface area contributed by atoms with E-state index in [2.05, 4.69) is 157 Å². The molecule has 0 spiro atoms. The van der Waals surface area contributed by atoms with Gasteiger partial charge in [0.05, 0.1) is 4.90 Å². The Bertz CT molecular complexity index is 2990. The smallest absolute Gasteiger partial charge is 0.406 e. The predicted octanol–water partition coefficient (Wildman–Crippen LogP) is 20.9. The summed E-state index contributed by atoms with van der Waals surface area (Å²) in [4.78, 5) is 0.386. The molecule has 0 unspecified atom stereocenters. The molecule has 0 heterocycles. The maximum Gasteiger partial charge on any atom is 0.573 e. The molecule has 0 aromatic heterocycles. The molecule has 408 valence electrons. The Balaban J connectivity index is 0.000000313. The first-order valence-electron chi connectivity index (χ1n) is 25.6. The van der Waals surface area contributed by atoms with Crippen molar-refractivity contribution in [3.63, 3.8) is 0 Å². The summed E-state index contributed by atoms with van der Waals surface area (Å²) in [6.45, 7) is 25.1. The largest absolute Gasteiger partial charge is 0.573 e. The van der Waals surface area contributed by atoms with Crippen LogP contribution >= 0.6 is 0 Å². The van der Waals surface area contributed by atoms with Crippen molar-refractivity contribution in [2.75, 3.05) is 6.26 Å². The van der Waals surface area contributed by atoms with Crippen LogP contribution in [0.3, 0.4) is 0 Å². The van der Waals surface area contributed by atoms with Crippen molar-refractivity contribution in [3.8, 4) is 16.9 Å². The van der Waals surface area contributed by atoms with Gasteiger partial charge in [-0.25, -0.2) is 17.2 Å². The monoisotopic (exact) mass is 1060 g/mol. The third-order valence-electron chi connectivity index (χ3n) is 11.9. The molecule has 0 aliphatic heterocycles. The molecule has 0 aliphatic carbocycles. The fourth-order valence-electron chi connectivity index (χ4n) is 7.43. The third-order valence-corrected chi connectivity index (χ3v) is 13.0. The van der Waals surface area contributed by atoms with Crippen LogP contribution in [-0.4, -0.2) is 21.0 Å². The standard InChI is InChI=1S/C15H16.C13H14.C10H11F3O.C10H14O2S.2C9H11F.CH4/c1-12(2)14-9-6-10-15(11-14)13-7-4-3-5-8-13;1-10(2)12-9-5-7-11-6-3-4-8-13(11)12;1-7(2)8-3-5-9(6-4-8)14-10(11,12)13;1-8(2)9-4-6-10(7-5-9)13(3,11)12;1-7(2)8-4-3-5-9(10)6-8;1-7(2)8-5-3-4-6-9(8)10;/h3-12H,1-2H3;3-10H,1-2H3;3-7H,1-2H3;4-8H,1-3H3;2*3-7H,1-2H3;1H4. The third kappa shape index (κ3) is 23.5. The minimum Gasteiger partial charge on any atom is -0.406 e. The fourth-order valence-corrected chi connectivity index (χ4v) is 8.06. The molecule has 0 aliphatic rings. The molecule has 0 bridgehead atoms. The summed E-state index contributed by atoms with van der Waals surface area (Å²) in [6.07, 6.45) is -3.39. The van der Waals surface area contributed by atoms with Gasteiger partial charge in [-0.3, -0.25) is 0 Å². The van der Waals surface area contributed by atoms with Gasteiger partial charge in [0.25, 0.3) is 0 Å². The molecule has 8 rings (SSSR count). The zero-order valence-corrected chi connectivity index (χ0v) is 46.8. The number of hydrogen-bond donors (Lipinski definition) is 0. The highest BCUT2D eigenvalue weighted by molar-refractivity contribution is 7.90. The van der Waals surface area contributed by atoms with Crippen molar-refractivity contribution in [2.45, 2.75) is 137 Å². The molecule has 0 atom stereocenters. The van der Waals surface area contributed by atoms with Crippen LogP contribution in [-0.2, 0) is 9.84 Å². The quantitative estimate of drug-likeness (QED) is 0.135. The molecule has 76 heavy (non-hydrogen) atoms. The van der Waals surface area contributed by atoms with Crippen LogP contribution in [0.5, 0.6) is 5.75 Å². The van der Waals surface area contributed by atoms with E-state index in [1.807, 2.05) is 58.0 Å². The lowest BCUT2D eigenvalue weighted by Crippen LogP contribution is -2.17. The molecule has 0 saturated carbocycles. The predicted molar refractivity (Wildman–Crippen MR) is 313 cm³/mol. The maximum atomic E-state index is 12.8. The van der Waals surface area contributed by atoms with Crippen LogP contribution in [0.25, 0.3) is 21.9 Å². The Morgan fingerprint density at radius 3 is 1.29 bits per heavy atom. The molecule has 3 nitrogen and oxygen atoms in total. The van der Waals surface area contributed by atoms with Gasteiger partial charge in [0.1, 0.15) is 17.4 Å². The number of benzene rings is 8. The Morgan fingerprint density at radius 2 is 0.829 bits per heavy atom. The van der Waals surface area contributed by atoms with E-state index in [0.29, 0.717) is 34.5 Å². The topological polar surface area (TPSA) is 43.4 Å². The van der Waals surface area contributed by atoms with E-state index in [9.17, 15) is 30.4 Å². The van der Waals surface area contributed by atoms with Crippen LogP contribution in [0.15, 0.2) is 199 Å². The molecule has 0 saturated heterocycles. The highest BCUT2D eigenvalue weighted by Gasteiger charge is 2.31. The lowest BCUT2D eigenvalue weighted by molar-refractivity contribution is -0.274. The van der Waals surface area contributed by atoms with Crippen LogP contribution in [0.2, 0.25) is 0 Å². The van der Waals surface area contributed by atoms with E-state index in [1.54, 1.807) is 42.5 Å². The molecule has 0 amide bonds. The number of hydrogen-bond acceptors (Lipinski definition) is 3. The van der Waals surface area contributed by atoms with E-state index < -0.39 is 16.2 Å². The summed E-state index contributed by atoms with van der Waals surface area (Å²) in [5.74, 6) is 2.20. The first-order chi connectivity index (χ1) is 35.3. The van der Waals surface area contributed by atoms with E-state index in [1.165, 1.54) is 63.5 Å². The molecule has 8 aromatic carbocycles. The van der Waals surface area contributed by atoms with Crippen LogP contribution < -0.4 is 4.74 Å². The molecular weight excluding hydrogens is 980 g/mol.